The Morgan fingerprint density at radius 3 is 2.07 bits per heavy atom. The fourth-order valence-corrected chi connectivity index (χ4v) is 2.39. The third-order valence-electron chi connectivity index (χ3n) is 3.15. The van der Waals surface area contributed by atoms with Crippen LogP contribution < -0.4 is 0 Å². The van der Waals surface area contributed by atoms with E-state index in [0.29, 0.717) is 0 Å². The van der Waals surface area contributed by atoms with Gasteiger partial charge >= 0.3 is 32.7 Å². The summed E-state index contributed by atoms with van der Waals surface area (Å²) in [7, 11) is 0. The maximum atomic E-state index is 4.40. The molecule has 0 atom stereocenters. The summed E-state index contributed by atoms with van der Waals surface area (Å²) in [5, 5.41) is 4.40. The van der Waals surface area contributed by atoms with Crippen molar-refractivity contribution in [1.82, 2.24) is 4.90 Å². The normalized spacial score (nSPS) is 24.9. The van der Waals surface area contributed by atoms with Crippen molar-refractivity contribution in [2.45, 2.75) is 38.1 Å². The molecule has 3 heteroatoms. The molecule has 0 aromatic rings. The summed E-state index contributed by atoms with van der Waals surface area (Å²) in [5.74, 6) is 0. The smallest absolute Gasteiger partial charge is 0.662 e. The van der Waals surface area contributed by atoms with Crippen molar-refractivity contribution in [3.8, 4) is 0 Å². The summed E-state index contributed by atoms with van der Waals surface area (Å²) >= 11 is 0. The molecule has 0 bridgehead atoms. The summed E-state index contributed by atoms with van der Waals surface area (Å²) < 4.78 is 0. The van der Waals surface area contributed by atoms with Crippen LogP contribution in [0.5, 0.6) is 0 Å². The van der Waals surface area contributed by atoms with Crippen molar-refractivity contribution in [3.63, 3.8) is 0 Å². The van der Waals surface area contributed by atoms with E-state index in [4.69, 9.17) is 0 Å². The molecule has 2 aliphatic heterocycles. The second-order valence-corrected chi connectivity index (χ2v) is 4.00. The van der Waals surface area contributed by atoms with Crippen LogP contribution in [0.25, 0.3) is 5.32 Å². The molecule has 2 nitrogen and oxygen atoms in total. The molecule has 0 aromatic carbocycles. The van der Waals surface area contributed by atoms with Crippen LogP contribution in [0.1, 0.15) is 32.1 Å². The summed E-state index contributed by atoms with van der Waals surface area (Å²) in [6, 6.07) is 0.878. The van der Waals surface area contributed by atoms with Crippen LogP contribution in [-0.4, -0.2) is 37.1 Å². The van der Waals surface area contributed by atoms with Gasteiger partial charge in [-0.25, -0.2) is 0 Å². The van der Waals surface area contributed by atoms with Crippen LogP contribution in [0.2, 0.25) is 0 Å². The second kappa shape index (κ2) is 8.21. The number of likely N-dealkylation sites (tertiary alicyclic amines) is 1. The third kappa shape index (κ3) is 4.26. The van der Waals surface area contributed by atoms with E-state index in [2.05, 4.69) is 10.2 Å². The topological polar surface area (TPSA) is 17.3 Å². The molecule has 0 unspecified atom stereocenters. The van der Waals surface area contributed by atoms with Crippen LogP contribution in [0.4, 0.5) is 0 Å². The standard InChI is InChI=1S/C10H19N2.CH3.Y/c1-2-8-12(9-3-1)10-4-6-11-7-5-10;;/h10H,1-9H2;1H3;/q2*-1;+3. The fraction of sp³-hybridized carbons (Fsp3) is 0.909. The van der Waals surface area contributed by atoms with Gasteiger partial charge in [-0.05, 0) is 25.9 Å². The van der Waals surface area contributed by atoms with Gasteiger partial charge in [0.15, 0.2) is 0 Å². The zero-order valence-corrected chi connectivity index (χ0v) is 12.3. The van der Waals surface area contributed by atoms with E-state index in [1.54, 1.807) is 0 Å². The third-order valence-corrected chi connectivity index (χ3v) is 3.15. The van der Waals surface area contributed by atoms with E-state index in [1.807, 2.05) is 0 Å². The van der Waals surface area contributed by atoms with Crippen molar-refractivity contribution in [1.29, 1.82) is 0 Å². The summed E-state index contributed by atoms with van der Waals surface area (Å²) in [6.07, 6.45) is 6.94. The molecular weight excluding hydrogens is 249 g/mol. The molecule has 0 aliphatic carbocycles. The number of hydrogen-bond donors (Lipinski definition) is 0. The van der Waals surface area contributed by atoms with Gasteiger partial charge in [-0.3, -0.25) is 0 Å². The van der Waals surface area contributed by atoms with Crippen LogP contribution in [0.3, 0.4) is 0 Å². The molecule has 0 N–H and O–H groups in total. The molecule has 78 valence electrons. The predicted octanol–water partition coefficient (Wildman–Crippen LogP) is 2.46. The van der Waals surface area contributed by atoms with Gasteiger partial charge in [-0.1, -0.05) is 19.3 Å². The van der Waals surface area contributed by atoms with Crippen molar-refractivity contribution in [3.05, 3.63) is 12.7 Å². The van der Waals surface area contributed by atoms with Gasteiger partial charge in [0.05, 0.1) is 0 Å². The predicted molar refractivity (Wildman–Crippen MR) is 58.0 cm³/mol. The average molecular weight is 271 g/mol. The van der Waals surface area contributed by atoms with Gasteiger partial charge < -0.3 is 17.6 Å². The van der Waals surface area contributed by atoms with E-state index in [-0.39, 0.29) is 40.1 Å². The molecule has 0 saturated carbocycles. The fourth-order valence-electron chi connectivity index (χ4n) is 2.39. The van der Waals surface area contributed by atoms with Gasteiger partial charge in [0, 0.05) is 6.04 Å². The van der Waals surface area contributed by atoms with E-state index >= 15 is 0 Å². The summed E-state index contributed by atoms with van der Waals surface area (Å²) in [4.78, 5) is 2.69. The molecule has 0 amide bonds. The molecule has 14 heavy (non-hydrogen) atoms. The Morgan fingerprint density at radius 1 is 0.929 bits per heavy atom. The number of nitrogens with zero attached hydrogens (tertiary/aromatic N) is 2. The maximum absolute atomic E-state index is 4.40. The van der Waals surface area contributed by atoms with Crippen molar-refractivity contribution < 1.29 is 32.7 Å². The number of rotatable bonds is 1. The molecule has 2 aliphatic rings. The monoisotopic (exact) mass is 271 g/mol. The van der Waals surface area contributed by atoms with Crippen LogP contribution in [-0.2, 0) is 32.7 Å². The van der Waals surface area contributed by atoms with Crippen molar-refractivity contribution in [2.75, 3.05) is 26.2 Å². The Labute approximate surface area is 114 Å². The average Bonchev–Trinajstić information content (AvgIpc) is 2.21. The Hall–Kier alpha value is 1.02. The molecule has 2 saturated heterocycles. The molecule has 0 radical (unpaired) electrons. The van der Waals surface area contributed by atoms with Gasteiger partial charge in [-0.15, -0.1) is 13.1 Å². The number of hydrogen-bond acceptors (Lipinski definition) is 1. The van der Waals surface area contributed by atoms with Gasteiger partial charge in [0.1, 0.15) is 0 Å². The largest absolute Gasteiger partial charge is 3.00 e. The van der Waals surface area contributed by atoms with E-state index in [1.165, 1.54) is 45.2 Å². The van der Waals surface area contributed by atoms with Crippen LogP contribution in [0.15, 0.2) is 0 Å². The summed E-state index contributed by atoms with van der Waals surface area (Å²) in [6.45, 7) is 4.93. The zero-order valence-electron chi connectivity index (χ0n) is 9.41. The quantitative estimate of drug-likeness (QED) is 0.670. The first kappa shape index (κ1) is 15.0. The minimum absolute atomic E-state index is 0. The molecular formula is C11H22N2Y+. The maximum Gasteiger partial charge on any atom is 3.00 e. The molecule has 2 heterocycles. The first-order chi connectivity index (χ1) is 5.97. The van der Waals surface area contributed by atoms with Crippen molar-refractivity contribution >= 4 is 0 Å². The van der Waals surface area contributed by atoms with Gasteiger partial charge in [0.25, 0.3) is 0 Å². The summed E-state index contributed by atoms with van der Waals surface area (Å²) in [5.41, 5.74) is 0. The molecule has 2 rings (SSSR count). The Kier molecular flexibility index (Phi) is 8.81. The number of piperidine rings is 2. The Bertz CT molecular complexity index is 113. The second-order valence-electron chi connectivity index (χ2n) is 4.00. The molecule has 0 spiro atoms. The first-order valence-electron chi connectivity index (χ1n) is 5.34. The first-order valence-corrected chi connectivity index (χ1v) is 5.34. The van der Waals surface area contributed by atoms with Gasteiger partial charge in [-0.2, -0.15) is 0 Å². The minimum atomic E-state index is 0. The minimum Gasteiger partial charge on any atom is -0.662 e. The van der Waals surface area contributed by atoms with Gasteiger partial charge in [0.2, 0.25) is 0 Å². The molecule has 0 aromatic heterocycles. The molecule has 2 fully saturated rings. The SMILES string of the molecule is C1CCN(C2CC[N-]CC2)CC1.[CH3-].[Y+3]. The van der Waals surface area contributed by atoms with Crippen LogP contribution >= 0.6 is 0 Å². The van der Waals surface area contributed by atoms with Crippen molar-refractivity contribution in [2.24, 2.45) is 0 Å². The zero-order chi connectivity index (χ0) is 8.23. The van der Waals surface area contributed by atoms with Crippen LogP contribution in [0, 0.1) is 7.43 Å². The van der Waals surface area contributed by atoms with E-state index in [9.17, 15) is 0 Å². The van der Waals surface area contributed by atoms with E-state index < -0.39 is 0 Å². The van der Waals surface area contributed by atoms with E-state index in [0.717, 1.165) is 19.1 Å². The Balaban J connectivity index is 0.000000845. The Morgan fingerprint density at radius 2 is 1.50 bits per heavy atom.